The summed E-state index contributed by atoms with van der Waals surface area (Å²) in [5.41, 5.74) is 2.04. The fraction of sp³-hybridized carbons (Fsp3) is 0.478. The molecule has 0 bridgehead atoms. The molecule has 0 amide bonds. The predicted molar refractivity (Wildman–Crippen MR) is 122 cm³/mol. The summed E-state index contributed by atoms with van der Waals surface area (Å²) in [7, 11) is 0. The van der Waals surface area contributed by atoms with Gasteiger partial charge in [0.2, 0.25) is 0 Å². The van der Waals surface area contributed by atoms with Crippen LogP contribution < -0.4 is 0 Å². The minimum absolute atomic E-state index is 0.0335. The summed E-state index contributed by atoms with van der Waals surface area (Å²) in [4.78, 5) is 8.84. The molecule has 0 radical (unpaired) electrons. The van der Waals surface area contributed by atoms with Gasteiger partial charge in [0.1, 0.15) is 43.0 Å². The lowest BCUT2D eigenvalue weighted by Crippen LogP contribution is -2.40. The van der Waals surface area contributed by atoms with Crippen LogP contribution >= 0.6 is 22.6 Å². The average Bonchev–Trinajstić information content (AvgIpc) is 3.44. The van der Waals surface area contributed by atoms with Gasteiger partial charge in [0.15, 0.2) is 12.0 Å². The number of fused-ring (bicyclic) bond motifs is 3. The second-order valence-corrected chi connectivity index (χ2v) is 9.76. The molecule has 2 fully saturated rings. The van der Waals surface area contributed by atoms with Crippen LogP contribution in [-0.4, -0.2) is 45.2 Å². The maximum Gasteiger partial charge on any atom is 0.296 e. The van der Waals surface area contributed by atoms with Crippen molar-refractivity contribution in [3.8, 4) is 0 Å². The Labute approximate surface area is 202 Å². The van der Waals surface area contributed by atoms with Crippen molar-refractivity contribution < 1.29 is 27.7 Å². The van der Waals surface area contributed by atoms with Gasteiger partial charge in [0.25, 0.3) is 5.92 Å². The van der Waals surface area contributed by atoms with Gasteiger partial charge in [0.05, 0.1) is 5.69 Å². The number of alkyl halides is 3. The van der Waals surface area contributed by atoms with Crippen LogP contribution in [0.15, 0.2) is 42.9 Å². The average molecular weight is 569 g/mol. The summed E-state index contributed by atoms with van der Waals surface area (Å²) in [6, 6.07) is 8.43. The molecule has 10 heteroatoms. The highest BCUT2D eigenvalue weighted by Crippen LogP contribution is 2.51. The van der Waals surface area contributed by atoms with Gasteiger partial charge in [0, 0.05) is 21.6 Å². The second kappa shape index (κ2) is 7.64. The van der Waals surface area contributed by atoms with Gasteiger partial charge >= 0.3 is 0 Å². The third-order valence-corrected chi connectivity index (χ3v) is 7.18. The van der Waals surface area contributed by atoms with E-state index in [0.29, 0.717) is 5.56 Å². The number of hydrogen-bond acceptors (Lipinski definition) is 6. The highest BCUT2D eigenvalue weighted by Gasteiger charge is 2.60. The molecule has 0 unspecified atom stereocenters. The molecule has 0 aliphatic carbocycles. The van der Waals surface area contributed by atoms with Crippen LogP contribution in [0.3, 0.4) is 0 Å². The first kappa shape index (κ1) is 21.8. The number of aromatic nitrogens is 3. The minimum Gasteiger partial charge on any atom is -0.364 e. The van der Waals surface area contributed by atoms with Crippen molar-refractivity contribution in [2.75, 3.05) is 6.61 Å². The molecule has 0 N–H and O–H groups in total. The highest BCUT2D eigenvalue weighted by atomic mass is 127. The smallest absolute Gasteiger partial charge is 0.296 e. The largest absolute Gasteiger partial charge is 0.364 e. The van der Waals surface area contributed by atoms with E-state index in [9.17, 15) is 8.78 Å². The molecule has 0 spiro atoms. The molecular formula is C23H22F2IN3O4. The Morgan fingerprint density at radius 1 is 1.09 bits per heavy atom. The van der Waals surface area contributed by atoms with E-state index >= 15 is 0 Å². The Hall–Kier alpha value is -1.73. The fourth-order valence-electron chi connectivity index (χ4n) is 5.12. The van der Waals surface area contributed by atoms with Crippen LogP contribution in [0.2, 0.25) is 0 Å². The Kier molecular flexibility index (Phi) is 5.04. The molecule has 6 rings (SSSR count). The summed E-state index contributed by atoms with van der Waals surface area (Å²) in [6.07, 6.45) is 0.566. The zero-order valence-corrected chi connectivity index (χ0v) is 20.1. The van der Waals surface area contributed by atoms with E-state index in [-0.39, 0.29) is 5.56 Å². The molecular weight excluding hydrogens is 547 g/mol. The monoisotopic (exact) mass is 569 g/mol. The van der Waals surface area contributed by atoms with Gasteiger partial charge < -0.3 is 23.5 Å². The van der Waals surface area contributed by atoms with E-state index in [1.165, 1.54) is 12.4 Å². The first-order valence-corrected chi connectivity index (χ1v) is 12.3. The first-order chi connectivity index (χ1) is 15.8. The Bertz CT molecular complexity index is 1220. The van der Waals surface area contributed by atoms with Crippen LogP contribution in [0.4, 0.5) is 8.78 Å². The third-order valence-electron chi connectivity index (χ3n) is 6.46. The molecule has 1 aromatic carbocycles. The number of ether oxygens (including phenoxy) is 4. The van der Waals surface area contributed by atoms with E-state index in [1.807, 2.05) is 30.7 Å². The number of nitrogens with zero attached hydrogens (tertiary/aromatic N) is 3. The number of benzene rings is 1. The lowest BCUT2D eigenvalue weighted by atomic mass is 9.90. The molecule has 2 saturated heterocycles. The third kappa shape index (κ3) is 3.41. The van der Waals surface area contributed by atoms with E-state index in [0.717, 1.165) is 21.2 Å². The van der Waals surface area contributed by atoms with Crippen molar-refractivity contribution in [3.63, 3.8) is 0 Å². The maximum atomic E-state index is 14.6. The lowest BCUT2D eigenvalue weighted by Gasteiger charge is -2.36. The Balaban J connectivity index is 1.42. The van der Waals surface area contributed by atoms with Gasteiger partial charge in [-0.25, -0.2) is 9.97 Å². The molecule has 3 aliphatic rings. The van der Waals surface area contributed by atoms with Crippen LogP contribution in [0.1, 0.15) is 43.0 Å². The molecule has 3 aliphatic heterocycles. The van der Waals surface area contributed by atoms with E-state index in [2.05, 4.69) is 32.6 Å². The predicted octanol–water partition coefficient (Wildman–Crippen LogP) is 4.65. The van der Waals surface area contributed by atoms with Crippen molar-refractivity contribution in [2.45, 2.75) is 60.6 Å². The van der Waals surface area contributed by atoms with Gasteiger partial charge in [-0.1, -0.05) is 46.9 Å². The van der Waals surface area contributed by atoms with Crippen molar-refractivity contribution in [1.82, 2.24) is 14.5 Å². The lowest BCUT2D eigenvalue weighted by molar-refractivity contribution is -0.222. The summed E-state index contributed by atoms with van der Waals surface area (Å²) in [5, 5.41) is 0.938. The molecule has 7 nitrogen and oxygen atoms in total. The number of hydrogen-bond donors (Lipinski definition) is 0. The fourth-order valence-corrected chi connectivity index (χ4v) is 5.73. The molecule has 5 heterocycles. The Morgan fingerprint density at radius 2 is 1.88 bits per heavy atom. The van der Waals surface area contributed by atoms with Gasteiger partial charge in [-0.05, 0) is 25.5 Å². The normalized spacial score (nSPS) is 32.1. The summed E-state index contributed by atoms with van der Waals surface area (Å²) < 4.78 is 56.5. The second-order valence-electron chi connectivity index (χ2n) is 8.99. The van der Waals surface area contributed by atoms with Crippen molar-refractivity contribution in [2.24, 2.45) is 0 Å². The highest BCUT2D eigenvalue weighted by molar-refractivity contribution is 14.1. The van der Waals surface area contributed by atoms with Gasteiger partial charge in [-0.3, -0.25) is 0 Å². The first-order valence-electron chi connectivity index (χ1n) is 10.8. The van der Waals surface area contributed by atoms with Crippen molar-refractivity contribution in [3.05, 3.63) is 59.7 Å². The zero-order valence-electron chi connectivity index (χ0n) is 18.0. The van der Waals surface area contributed by atoms with Crippen LogP contribution in [0.25, 0.3) is 11.0 Å². The van der Waals surface area contributed by atoms with Gasteiger partial charge in [-0.2, -0.15) is 8.78 Å². The minimum atomic E-state index is -3.06. The standard InChI is InChI=1S/C23H22F2IN3O4/c1-22(2)32-18-17(16-12-5-3-4-6-14(12)23(24,25)10-30-16)31-21(19(18)33-22)29-8-7-13-15(9-26)27-11-28-20(13)29/h3-8,11,16-19,21H,9-10H2,1-2H3/t16-,17-,18-,19-,21-/m1/s1. The SMILES string of the molecule is CC1(C)O[C@H]2[C@@H](O1)[C@H](n1ccc3c(CI)ncnc31)O[C@@H]2[C@@H]1OCC(F)(F)c2ccccc21. The summed E-state index contributed by atoms with van der Waals surface area (Å²) in [5.74, 6) is -3.90. The molecule has 33 heavy (non-hydrogen) atoms. The van der Waals surface area contributed by atoms with Crippen LogP contribution in [0.5, 0.6) is 0 Å². The summed E-state index contributed by atoms with van der Waals surface area (Å²) in [6.45, 7) is 2.97. The summed E-state index contributed by atoms with van der Waals surface area (Å²) >= 11 is 2.27. The van der Waals surface area contributed by atoms with Crippen molar-refractivity contribution >= 4 is 33.6 Å². The molecule has 2 aromatic heterocycles. The molecule has 5 atom stereocenters. The molecule has 174 valence electrons. The number of rotatable bonds is 3. The number of halogens is 3. The quantitative estimate of drug-likeness (QED) is 0.338. The van der Waals surface area contributed by atoms with E-state index in [4.69, 9.17) is 18.9 Å². The van der Waals surface area contributed by atoms with E-state index in [1.54, 1.807) is 18.2 Å². The molecule has 3 aromatic rings. The van der Waals surface area contributed by atoms with E-state index < -0.39 is 49.0 Å². The van der Waals surface area contributed by atoms with Crippen LogP contribution in [-0.2, 0) is 29.3 Å². The topological polar surface area (TPSA) is 67.6 Å². The maximum absolute atomic E-state index is 14.6. The Morgan fingerprint density at radius 3 is 2.70 bits per heavy atom. The van der Waals surface area contributed by atoms with Crippen LogP contribution in [0, 0.1) is 0 Å². The molecule has 0 saturated carbocycles. The van der Waals surface area contributed by atoms with Crippen molar-refractivity contribution in [1.29, 1.82) is 0 Å². The zero-order chi connectivity index (χ0) is 23.0. The van der Waals surface area contributed by atoms with Gasteiger partial charge in [-0.15, -0.1) is 0 Å².